The predicted molar refractivity (Wildman–Crippen MR) is 100 cm³/mol. The molecule has 7 nitrogen and oxygen atoms in total. The topological polar surface area (TPSA) is 86.8 Å². The zero-order chi connectivity index (χ0) is 17.9. The van der Waals surface area contributed by atoms with Gasteiger partial charge in [-0.15, -0.1) is 0 Å². The summed E-state index contributed by atoms with van der Waals surface area (Å²) in [6, 6.07) is 0. The number of halogens is 1. The molecule has 26 heavy (non-hydrogen) atoms. The van der Waals surface area contributed by atoms with E-state index in [2.05, 4.69) is 30.4 Å². The Balaban J connectivity index is 1.46. The molecule has 1 saturated heterocycles. The average Bonchev–Trinajstić information content (AvgIpc) is 3.34. The Labute approximate surface area is 157 Å². The summed E-state index contributed by atoms with van der Waals surface area (Å²) in [6.07, 6.45) is 11.3. The van der Waals surface area contributed by atoms with E-state index in [1.54, 1.807) is 18.6 Å². The van der Waals surface area contributed by atoms with Crippen LogP contribution in [0, 0.1) is 5.92 Å². The van der Waals surface area contributed by atoms with Crippen molar-refractivity contribution in [2.75, 3.05) is 23.3 Å². The summed E-state index contributed by atoms with van der Waals surface area (Å²) < 4.78 is 0. The van der Waals surface area contributed by atoms with Gasteiger partial charge >= 0.3 is 0 Å². The van der Waals surface area contributed by atoms with Crippen molar-refractivity contribution in [3.05, 3.63) is 29.3 Å². The van der Waals surface area contributed by atoms with Gasteiger partial charge in [0.25, 0.3) is 0 Å². The lowest BCUT2D eigenvalue weighted by molar-refractivity contribution is -0.119. The smallest absolute Gasteiger partial charge is 0.227 e. The van der Waals surface area contributed by atoms with Crippen LogP contribution in [0.25, 0.3) is 0 Å². The van der Waals surface area contributed by atoms with Crippen LogP contribution < -0.4 is 10.2 Å². The van der Waals surface area contributed by atoms with E-state index in [4.69, 9.17) is 11.6 Å². The Kier molecular flexibility index (Phi) is 5.06. The third-order valence-electron chi connectivity index (χ3n) is 5.37. The third-order valence-corrected chi connectivity index (χ3v) is 5.57. The summed E-state index contributed by atoms with van der Waals surface area (Å²) in [5.74, 6) is 1.21. The maximum Gasteiger partial charge on any atom is 0.227 e. The molecule has 1 atom stereocenters. The molecule has 2 aromatic rings. The van der Waals surface area contributed by atoms with Crippen LogP contribution in [-0.2, 0) is 4.79 Å². The number of rotatable bonds is 4. The highest BCUT2D eigenvalue weighted by Crippen LogP contribution is 2.33. The van der Waals surface area contributed by atoms with Crippen molar-refractivity contribution in [3.8, 4) is 0 Å². The van der Waals surface area contributed by atoms with Crippen LogP contribution in [0.1, 0.15) is 50.1 Å². The first-order chi connectivity index (χ1) is 12.7. The standard InChI is InChI=1S/C18H23ClN6O/c19-14-8-20-18(21-9-14)25-7-3-6-13(11-25)16-15(10-22-24-16)23-17(26)12-4-1-2-5-12/h8-10,12-13H,1-7,11H2,(H,22,24)(H,23,26). The molecular formula is C18H23ClN6O. The minimum absolute atomic E-state index is 0.124. The number of aromatic amines is 1. The van der Waals surface area contributed by atoms with Crippen LogP contribution in [0.2, 0.25) is 5.02 Å². The Bertz CT molecular complexity index is 755. The van der Waals surface area contributed by atoms with Gasteiger partial charge in [-0.2, -0.15) is 5.10 Å². The van der Waals surface area contributed by atoms with Crippen LogP contribution in [-0.4, -0.2) is 39.2 Å². The lowest BCUT2D eigenvalue weighted by atomic mass is 9.94. The molecule has 1 aliphatic heterocycles. The second kappa shape index (κ2) is 7.61. The van der Waals surface area contributed by atoms with Crippen molar-refractivity contribution in [3.63, 3.8) is 0 Å². The molecule has 138 valence electrons. The number of carbonyl (C=O) groups excluding carboxylic acids is 1. The highest BCUT2D eigenvalue weighted by Gasteiger charge is 2.28. The van der Waals surface area contributed by atoms with Crippen LogP contribution in [0.5, 0.6) is 0 Å². The summed E-state index contributed by atoms with van der Waals surface area (Å²) in [5, 5.41) is 10.9. The monoisotopic (exact) mass is 374 g/mol. The largest absolute Gasteiger partial charge is 0.340 e. The van der Waals surface area contributed by atoms with Gasteiger partial charge in [-0.3, -0.25) is 9.89 Å². The number of nitrogens with zero attached hydrogens (tertiary/aromatic N) is 4. The lowest BCUT2D eigenvalue weighted by Crippen LogP contribution is -2.36. The molecule has 2 N–H and O–H groups in total. The molecule has 0 radical (unpaired) electrons. The molecule has 1 aliphatic carbocycles. The fourth-order valence-electron chi connectivity index (χ4n) is 3.99. The second-order valence-electron chi connectivity index (χ2n) is 7.15. The summed E-state index contributed by atoms with van der Waals surface area (Å²) in [5.41, 5.74) is 1.81. The molecule has 1 unspecified atom stereocenters. The first kappa shape index (κ1) is 17.3. The van der Waals surface area contributed by atoms with Crippen molar-refractivity contribution in [2.45, 2.75) is 44.4 Å². The minimum Gasteiger partial charge on any atom is -0.340 e. The molecule has 1 amide bonds. The molecule has 2 fully saturated rings. The first-order valence-corrected chi connectivity index (χ1v) is 9.65. The maximum atomic E-state index is 12.5. The summed E-state index contributed by atoms with van der Waals surface area (Å²) in [4.78, 5) is 23.3. The third kappa shape index (κ3) is 3.67. The summed E-state index contributed by atoms with van der Waals surface area (Å²) in [6.45, 7) is 1.70. The Morgan fingerprint density at radius 1 is 1.15 bits per heavy atom. The first-order valence-electron chi connectivity index (χ1n) is 9.27. The van der Waals surface area contributed by atoms with Gasteiger partial charge in [0, 0.05) is 24.9 Å². The fourth-order valence-corrected chi connectivity index (χ4v) is 4.09. The molecule has 0 bridgehead atoms. The van der Waals surface area contributed by atoms with Gasteiger partial charge in [0.2, 0.25) is 11.9 Å². The Hall–Kier alpha value is -2.15. The minimum atomic E-state index is 0.124. The van der Waals surface area contributed by atoms with Crippen molar-refractivity contribution in [1.82, 2.24) is 20.2 Å². The molecular weight excluding hydrogens is 352 g/mol. The van der Waals surface area contributed by atoms with E-state index in [1.807, 2.05) is 0 Å². The predicted octanol–water partition coefficient (Wildman–Crippen LogP) is 3.37. The highest BCUT2D eigenvalue weighted by atomic mass is 35.5. The average molecular weight is 375 g/mol. The number of amides is 1. The normalized spacial score (nSPS) is 21.1. The van der Waals surface area contributed by atoms with E-state index in [1.165, 1.54) is 0 Å². The number of hydrogen-bond donors (Lipinski definition) is 2. The molecule has 4 rings (SSSR count). The van der Waals surface area contributed by atoms with Crippen LogP contribution in [0.3, 0.4) is 0 Å². The van der Waals surface area contributed by atoms with Gasteiger partial charge in [-0.1, -0.05) is 24.4 Å². The fraction of sp³-hybridized carbons (Fsp3) is 0.556. The van der Waals surface area contributed by atoms with Gasteiger partial charge in [0.05, 0.1) is 35.0 Å². The zero-order valence-corrected chi connectivity index (χ0v) is 15.4. The molecule has 1 saturated carbocycles. The van der Waals surface area contributed by atoms with E-state index < -0.39 is 0 Å². The Morgan fingerprint density at radius 3 is 2.69 bits per heavy atom. The number of hydrogen-bond acceptors (Lipinski definition) is 5. The summed E-state index contributed by atoms with van der Waals surface area (Å²) in [7, 11) is 0. The lowest BCUT2D eigenvalue weighted by Gasteiger charge is -2.32. The zero-order valence-electron chi connectivity index (χ0n) is 14.6. The van der Waals surface area contributed by atoms with Gasteiger partial charge in [0.15, 0.2) is 0 Å². The van der Waals surface area contributed by atoms with Crippen LogP contribution in [0.4, 0.5) is 11.6 Å². The van der Waals surface area contributed by atoms with Crippen molar-refractivity contribution in [2.24, 2.45) is 5.92 Å². The molecule has 2 aromatic heterocycles. The number of H-pyrrole nitrogens is 1. The van der Waals surface area contributed by atoms with E-state index in [9.17, 15) is 4.79 Å². The van der Waals surface area contributed by atoms with Crippen LogP contribution >= 0.6 is 11.6 Å². The number of piperidine rings is 1. The molecule has 0 spiro atoms. The highest BCUT2D eigenvalue weighted by molar-refractivity contribution is 6.30. The van der Waals surface area contributed by atoms with Gasteiger partial charge in [-0.25, -0.2) is 9.97 Å². The maximum absolute atomic E-state index is 12.5. The number of aromatic nitrogens is 4. The van der Waals surface area contributed by atoms with E-state index in [0.29, 0.717) is 11.0 Å². The molecule has 8 heteroatoms. The molecule has 2 aliphatic rings. The van der Waals surface area contributed by atoms with Crippen LogP contribution in [0.15, 0.2) is 18.6 Å². The SMILES string of the molecule is O=C(Nc1cn[nH]c1C1CCCN(c2ncc(Cl)cn2)C1)C1CCCC1. The van der Waals surface area contributed by atoms with E-state index in [0.717, 1.165) is 63.0 Å². The van der Waals surface area contributed by atoms with Gasteiger partial charge < -0.3 is 10.2 Å². The van der Waals surface area contributed by atoms with E-state index in [-0.39, 0.29) is 17.7 Å². The molecule has 0 aromatic carbocycles. The molecule has 3 heterocycles. The van der Waals surface area contributed by atoms with Crippen molar-refractivity contribution < 1.29 is 4.79 Å². The quantitative estimate of drug-likeness (QED) is 0.856. The van der Waals surface area contributed by atoms with E-state index >= 15 is 0 Å². The van der Waals surface area contributed by atoms with Crippen molar-refractivity contribution >= 4 is 29.1 Å². The number of anilines is 2. The number of carbonyl (C=O) groups is 1. The second-order valence-corrected chi connectivity index (χ2v) is 7.59. The number of nitrogens with one attached hydrogen (secondary N) is 2. The van der Waals surface area contributed by atoms with Gasteiger partial charge in [-0.05, 0) is 25.7 Å². The Morgan fingerprint density at radius 2 is 1.92 bits per heavy atom. The summed E-state index contributed by atoms with van der Waals surface area (Å²) >= 11 is 5.89. The van der Waals surface area contributed by atoms with Crippen molar-refractivity contribution in [1.29, 1.82) is 0 Å². The van der Waals surface area contributed by atoms with Gasteiger partial charge in [0.1, 0.15) is 0 Å².